The number of nitrogens with zero attached hydrogens (tertiary/aromatic N) is 1. The van der Waals surface area contributed by atoms with Crippen molar-refractivity contribution in [1.82, 2.24) is 10.3 Å². The quantitative estimate of drug-likeness (QED) is 0.794. The number of rotatable bonds is 6. The van der Waals surface area contributed by atoms with Gasteiger partial charge in [0.25, 0.3) is 5.91 Å². The maximum absolute atomic E-state index is 12.2. The third kappa shape index (κ3) is 4.44. The van der Waals surface area contributed by atoms with Crippen LogP contribution in [0.25, 0.3) is 0 Å². The number of aliphatic hydroxyl groups is 1. The second-order valence-electron chi connectivity index (χ2n) is 4.79. The number of benzene rings is 1. The Morgan fingerprint density at radius 1 is 1.18 bits per heavy atom. The van der Waals surface area contributed by atoms with E-state index in [4.69, 9.17) is 23.2 Å². The summed E-state index contributed by atoms with van der Waals surface area (Å²) in [6, 6.07) is 12.8. The van der Waals surface area contributed by atoms with Crippen molar-refractivity contribution >= 4 is 29.1 Å². The second kappa shape index (κ2) is 8.13. The summed E-state index contributed by atoms with van der Waals surface area (Å²) in [6.45, 7) is 0.430. The lowest BCUT2D eigenvalue weighted by atomic mass is 9.96. The van der Waals surface area contributed by atoms with Gasteiger partial charge >= 0.3 is 0 Å². The number of hydrogen-bond donors (Lipinski definition) is 2. The lowest BCUT2D eigenvalue weighted by Crippen LogP contribution is -2.29. The van der Waals surface area contributed by atoms with Crippen molar-refractivity contribution in [3.8, 4) is 0 Å². The molecule has 22 heavy (non-hydrogen) atoms. The van der Waals surface area contributed by atoms with Crippen molar-refractivity contribution in [2.45, 2.75) is 12.3 Å². The van der Waals surface area contributed by atoms with Crippen molar-refractivity contribution in [2.75, 3.05) is 13.2 Å². The highest BCUT2D eigenvalue weighted by Crippen LogP contribution is 2.20. The van der Waals surface area contributed by atoms with Crippen LogP contribution in [0, 0.1) is 0 Å². The van der Waals surface area contributed by atoms with E-state index in [0.717, 1.165) is 5.56 Å². The number of carbonyl (C=O) groups is 1. The third-order valence-electron chi connectivity index (χ3n) is 3.28. The van der Waals surface area contributed by atoms with Crippen molar-refractivity contribution in [1.29, 1.82) is 0 Å². The highest BCUT2D eigenvalue weighted by molar-refractivity contribution is 6.34. The van der Waals surface area contributed by atoms with Crippen LogP contribution >= 0.6 is 23.2 Å². The van der Waals surface area contributed by atoms with Gasteiger partial charge in [0.15, 0.2) is 0 Å². The molecule has 2 aromatic rings. The number of amides is 1. The van der Waals surface area contributed by atoms with E-state index in [-0.39, 0.29) is 34.3 Å². The molecule has 0 saturated heterocycles. The van der Waals surface area contributed by atoms with Gasteiger partial charge in [-0.15, -0.1) is 0 Å². The fourth-order valence-electron chi connectivity index (χ4n) is 2.14. The van der Waals surface area contributed by atoms with Gasteiger partial charge in [-0.2, -0.15) is 0 Å². The lowest BCUT2D eigenvalue weighted by molar-refractivity contribution is 0.0944. The zero-order valence-electron chi connectivity index (χ0n) is 11.8. The Hall–Kier alpha value is -1.62. The van der Waals surface area contributed by atoms with Crippen molar-refractivity contribution < 1.29 is 9.90 Å². The molecular formula is C16H16Cl2N2O2. The molecule has 4 nitrogen and oxygen atoms in total. The molecule has 0 spiro atoms. The van der Waals surface area contributed by atoms with Crippen LogP contribution in [0.15, 0.2) is 42.5 Å². The van der Waals surface area contributed by atoms with E-state index in [1.165, 1.54) is 12.1 Å². The molecule has 0 aliphatic carbocycles. The second-order valence-corrected chi connectivity index (χ2v) is 5.59. The third-order valence-corrected chi connectivity index (χ3v) is 3.80. The van der Waals surface area contributed by atoms with Crippen LogP contribution in [0.1, 0.15) is 28.4 Å². The fraction of sp³-hybridized carbons (Fsp3) is 0.250. The molecule has 1 amide bonds. The molecule has 0 fully saturated rings. The molecule has 1 aromatic heterocycles. The van der Waals surface area contributed by atoms with Gasteiger partial charge in [-0.3, -0.25) is 4.79 Å². The Balaban J connectivity index is 2.06. The molecule has 2 rings (SSSR count). The highest BCUT2D eigenvalue weighted by atomic mass is 35.5. The van der Waals surface area contributed by atoms with E-state index >= 15 is 0 Å². The fourth-order valence-corrected chi connectivity index (χ4v) is 2.48. The Labute approximate surface area is 139 Å². The van der Waals surface area contributed by atoms with Gasteiger partial charge in [-0.1, -0.05) is 53.5 Å². The molecule has 0 saturated carbocycles. The molecule has 0 aliphatic rings. The van der Waals surface area contributed by atoms with Gasteiger partial charge < -0.3 is 10.4 Å². The topological polar surface area (TPSA) is 62.2 Å². The number of carbonyl (C=O) groups excluding carboxylic acids is 1. The zero-order valence-corrected chi connectivity index (χ0v) is 13.3. The van der Waals surface area contributed by atoms with Gasteiger partial charge in [0, 0.05) is 19.1 Å². The van der Waals surface area contributed by atoms with Crippen molar-refractivity contribution in [3.05, 3.63) is 63.9 Å². The standard InChI is InChI=1S/C16H16Cl2N2O2/c17-13-6-7-14(18)20-15(13)16(22)19-10-12(8-9-21)11-4-2-1-3-5-11/h1-7,12,21H,8-10H2,(H,19,22). The Kier molecular flexibility index (Phi) is 6.19. The van der Waals surface area contributed by atoms with E-state index in [1.807, 2.05) is 30.3 Å². The van der Waals surface area contributed by atoms with E-state index < -0.39 is 0 Å². The maximum atomic E-state index is 12.2. The molecule has 116 valence electrons. The molecule has 0 radical (unpaired) electrons. The number of aliphatic hydroxyl groups excluding tert-OH is 1. The molecule has 1 heterocycles. The number of pyridine rings is 1. The minimum atomic E-state index is -0.383. The van der Waals surface area contributed by atoms with Gasteiger partial charge in [-0.05, 0) is 24.1 Å². The summed E-state index contributed by atoms with van der Waals surface area (Å²) >= 11 is 11.7. The van der Waals surface area contributed by atoms with Crippen LogP contribution < -0.4 is 5.32 Å². The Morgan fingerprint density at radius 3 is 2.59 bits per heavy atom. The maximum Gasteiger partial charge on any atom is 0.271 e. The Morgan fingerprint density at radius 2 is 1.91 bits per heavy atom. The average molecular weight is 339 g/mol. The first-order chi connectivity index (χ1) is 10.6. The van der Waals surface area contributed by atoms with Crippen LogP contribution in [0.4, 0.5) is 0 Å². The summed E-state index contributed by atoms with van der Waals surface area (Å²) in [5, 5.41) is 12.5. The van der Waals surface area contributed by atoms with Gasteiger partial charge in [0.1, 0.15) is 10.8 Å². The van der Waals surface area contributed by atoms with E-state index in [2.05, 4.69) is 10.3 Å². The van der Waals surface area contributed by atoms with Crippen LogP contribution in [0.5, 0.6) is 0 Å². The normalized spacial score (nSPS) is 12.0. The monoisotopic (exact) mass is 338 g/mol. The SMILES string of the molecule is O=C(NCC(CCO)c1ccccc1)c1nc(Cl)ccc1Cl. The summed E-state index contributed by atoms with van der Waals surface area (Å²) in [5.74, 6) is -0.362. The summed E-state index contributed by atoms with van der Waals surface area (Å²) in [4.78, 5) is 16.1. The lowest BCUT2D eigenvalue weighted by Gasteiger charge is -2.17. The smallest absolute Gasteiger partial charge is 0.271 e. The average Bonchev–Trinajstić information content (AvgIpc) is 2.54. The number of aromatic nitrogens is 1. The van der Waals surface area contributed by atoms with E-state index in [9.17, 15) is 9.90 Å². The summed E-state index contributed by atoms with van der Waals surface area (Å²) < 4.78 is 0. The molecule has 2 N–H and O–H groups in total. The first kappa shape index (κ1) is 16.7. The van der Waals surface area contributed by atoms with Crippen molar-refractivity contribution in [2.24, 2.45) is 0 Å². The number of hydrogen-bond acceptors (Lipinski definition) is 3. The molecule has 0 bridgehead atoms. The van der Waals surface area contributed by atoms with Crippen LogP contribution in [-0.4, -0.2) is 29.1 Å². The van der Waals surface area contributed by atoms with Gasteiger partial charge in [0.2, 0.25) is 0 Å². The van der Waals surface area contributed by atoms with Crippen molar-refractivity contribution in [3.63, 3.8) is 0 Å². The minimum absolute atomic E-state index is 0.0214. The van der Waals surface area contributed by atoms with Crippen LogP contribution in [-0.2, 0) is 0 Å². The summed E-state index contributed by atoms with van der Waals surface area (Å²) in [5.41, 5.74) is 1.16. The zero-order chi connectivity index (χ0) is 15.9. The molecular weight excluding hydrogens is 323 g/mol. The first-order valence-electron chi connectivity index (χ1n) is 6.88. The molecule has 1 aromatic carbocycles. The predicted molar refractivity (Wildman–Crippen MR) is 87.5 cm³/mol. The minimum Gasteiger partial charge on any atom is -0.396 e. The van der Waals surface area contributed by atoms with Gasteiger partial charge in [-0.25, -0.2) is 4.98 Å². The molecule has 6 heteroatoms. The van der Waals surface area contributed by atoms with E-state index in [0.29, 0.717) is 13.0 Å². The first-order valence-corrected chi connectivity index (χ1v) is 7.63. The predicted octanol–water partition coefficient (Wildman–Crippen LogP) is 3.28. The molecule has 1 unspecified atom stereocenters. The molecule has 0 aliphatic heterocycles. The summed E-state index contributed by atoms with van der Waals surface area (Å²) in [7, 11) is 0. The van der Waals surface area contributed by atoms with E-state index in [1.54, 1.807) is 0 Å². The number of nitrogens with one attached hydrogen (secondary N) is 1. The Bertz CT molecular complexity index is 635. The molecule has 1 atom stereocenters. The van der Waals surface area contributed by atoms with Crippen LogP contribution in [0.3, 0.4) is 0 Å². The highest BCUT2D eigenvalue weighted by Gasteiger charge is 2.16. The van der Waals surface area contributed by atoms with Crippen LogP contribution in [0.2, 0.25) is 10.2 Å². The largest absolute Gasteiger partial charge is 0.396 e. The summed E-state index contributed by atoms with van der Waals surface area (Å²) in [6.07, 6.45) is 0.557. The van der Waals surface area contributed by atoms with Gasteiger partial charge in [0.05, 0.1) is 5.02 Å². The number of halogens is 2.